The van der Waals surface area contributed by atoms with Crippen molar-refractivity contribution in [1.29, 1.82) is 0 Å². The normalized spacial score (nSPS) is 11.8. The number of carbonyl (C=O) groups is 1. The summed E-state index contributed by atoms with van der Waals surface area (Å²) in [7, 11) is -0.647. The molecule has 0 atom stereocenters. The molecule has 0 aliphatic heterocycles. The standard InChI is InChI=1S/C19H21N3O4S2/c1-12-8-15(28(24,25)22(3)4)10-16(13(12)2)21-18(23)9-14-11-27-19(20-14)17-6-5-7-26-17/h5-8,10-11H,9H2,1-4H3,(H,21,23). The van der Waals surface area contributed by atoms with E-state index in [4.69, 9.17) is 4.42 Å². The lowest BCUT2D eigenvalue weighted by molar-refractivity contribution is -0.115. The topological polar surface area (TPSA) is 92.5 Å². The lowest BCUT2D eigenvalue weighted by Crippen LogP contribution is -2.23. The first kappa shape index (κ1) is 20.2. The van der Waals surface area contributed by atoms with Gasteiger partial charge in [0.15, 0.2) is 10.8 Å². The Hall–Kier alpha value is -2.49. The number of hydrogen-bond acceptors (Lipinski definition) is 6. The summed E-state index contributed by atoms with van der Waals surface area (Å²) in [6, 6.07) is 6.69. The van der Waals surface area contributed by atoms with E-state index in [1.807, 2.05) is 25.3 Å². The molecule has 0 saturated carbocycles. The van der Waals surface area contributed by atoms with Crippen molar-refractivity contribution < 1.29 is 17.6 Å². The predicted molar refractivity (Wildman–Crippen MR) is 109 cm³/mol. The number of hydrogen-bond donors (Lipinski definition) is 1. The second-order valence-electron chi connectivity index (χ2n) is 6.55. The molecule has 0 aliphatic carbocycles. The maximum atomic E-state index is 12.5. The molecule has 28 heavy (non-hydrogen) atoms. The molecule has 1 amide bonds. The average molecular weight is 420 g/mol. The molecular formula is C19H21N3O4S2. The van der Waals surface area contributed by atoms with Crippen molar-refractivity contribution in [1.82, 2.24) is 9.29 Å². The molecule has 0 bridgehead atoms. The Morgan fingerprint density at radius 2 is 2.04 bits per heavy atom. The number of nitrogens with one attached hydrogen (secondary N) is 1. The van der Waals surface area contributed by atoms with Gasteiger partial charge in [-0.15, -0.1) is 11.3 Å². The number of thiazole rings is 1. The Morgan fingerprint density at radius 1 is 1.29 bits per heavy atom. The maximum absolute atomic E-state index is 12.5. The fourth-order valence-corrected chi connectivity index (χ4v) is 4.38. The van der Waals surface area contributed by atoms with E-state index >= 15 is 0 Å². The third kappa shape index (κ3) is 4.16. The number of furan rings is 1. The Balaban J connectivity index is 1.79. The third-order valence-electron chi connectivity index (χ3n) is 4.32. The van der Waals surface area contributed by atoms with Crippen molar-refractivity contribution in [3.8, 4) is 10.8 Å². The highest BCUT2D eigenvalue weighted by molar-refractivity contribution is 7.89. The molecule has 0 spiro atoms. The second kappa shape index (κ2) is 7.86. The summed E-state index contributed by atoms with van der Waals surface area (Å²) >= 11 is 1.40. The van der Waals surface area contributed by atoms with Crippen LogP contribution in [0.3, 0.4) is 0 Å². The van der Waals surface area contributed by atoms with Gasteiger partial charge < -0.3 is 9.73 Å². The van der Waals surface area contributed by atoms with E-state index < -0.39 is 10.0 Å². The fourth-order valence-electron chi connectivity index (χ4n) is 2.58. The van der Waals surface area contributed by atoms with Gasteiger partial charge in [0.05, 0.1) is 23.3 Å². The van der Waals surface area contributed by atoms with Crippen LogP contribution < -0.4 is 5.32 Å². The Labute approximate surface area is 168 Å². The minimum atomic E-state index is -3.59. The highest BCUT2D eigenvalue weighted by Gasteiger charge is 2.20. The van der Waals surface area contributed by atoms with Crippen LogP contribution in [0.4, 0.5) is 5.69 Å². The summed E-state index contributed by atoms with van der Waals surface area (Å²) < 4.78 is 31.3. The van der Waals surface area contributed by atoms with Crippen molar-refractivity contribution in [3.05, 3.63) is 52.7 Å². The summed E-state index contributed by atoms with van der Waals surface area (Å²) in [4.78, 5) is 17.1. The van der Waals surface area contributed by atoms with Crippen LogP contribution in [0.5, 0.6) is 0 Å². The molecule has 9 heteroatoms. The third-order valence-corrected chi connectivity index (χ3v) is 7.02. The number of aromatic nitrogens is 1. The molecule has 1 N–H and O–H groups in total. The molecule has 0 fully saturated rings. The molecule has 0 radical (unpaired) electrons. The monoisotopic (exact) mass is 419 g/mol. The van der Waals surface area contributed by atoms with Gasteiger partial charge in [-0.25, -0.2) is 17.7 Å². The molecular weight excluding hydrogens is 398 g/mol. The van der Waals surface area contributed by atoms with Crippen LogP contribution in [-0.2, 0) is 21.2 Å². The molecule has 3 aromatic rings. The number of anilines is 1. The zero-order valence-corrected chi connectivity index (χ0v) is 17.6. The van der Waals surface area contributed by atoms with Gasteiger partial charge in [0.25, 0.3) is 0 Å². The summed E-state index contributed by atoms with van der Waals surface area (Å²) in [5.41, 5.74) is 2.71. The van der Waals surface area contributed by atoms with Crippen LogP contribution in [-0.4, -0.2) is 37.7 Å². The van der Waals surface area contributed by atoms with Gasteiger partial charge in [-0.2, -0.15) is 0 Å². The summed E-state index contributed by atoms with van der Waals surface area (Å²) in [6.07, 6.45) is 1.66. The molecule has 1 aromatic carbocycles. The molecule has 3 rings (SSSR count). The smallest absolute Gasteiger partial charge is 0.242 e. The lowest BCUT2D eigenvalue weighted by atomic mass is 10.1. The van der Waals surface area contributed by atoms with E-state index in [0.717, 1.165) is 15.4 Å². The summed E-state index contributed by atoms with van der Waals surface area (Å²) in [5, 5.41) is 5.33. The zero-order valence-electron chi connectivity index (χ0n) is 16.0. The highest BCUT2D eigenvalue weighted by Crippen LogP contribution is 2.27. The van der Waals surface area contributed by atoms with Crippen molar-refractivity contribution in [2.24, 2.45) is 0 Å². The molecule has 2 heterocycles. The van der Waals surface area contributed by atoms with Crippen molar-refractivity contribution in [2.75, 3.05) is 19.4 Å². The van der Waals surface area contributed by atoms with Crippen LogP contribution in [0, 0.1) is 13.8 Å². The first-order valence-electron chi connectivity index (χ1n) is 8.50. The van der Waals surface area contributed by atoms with Gasteiger partial charge in [0, 0.05) is 25.2 Å². The van der Waals surface area contributed by atoms with Gasteiger partial charge in [-0.1, -0.05) is 0 Å². The summed E-state index contributed by atoms with van der Waals surface area (Å²) in [5.74, 6) is 0.392. The van der Waals surface area contributed by atoms with E-state index in [2.05, 4.69) is 10.3 Å². The Bertz CT molecular complexity index is 1100. The number of aryl methyl sites for hydroxylation is 1. The lowest BCUT2D eigenvalue weighted by Gasteiger charge is -2.16. The van der Waals surface area contributed by atoms with Crippen LogP contribution in [0.1, 0.15) is 16.8 Å². The van der Waals surface area contributed by atoms with Gasteiger partial charge in [0.1, 0.15) is 0 Å². The molecule has 148 valence electrons. The number of amides is 1. The van der Waals surface area contributed by atoms with Gasteiger partial charge in [-0.3, -0.25) is 4.79 Å². The van der Waals surface area contributed by atoms with E-state index in [0.29, 0.717) is 22.1 Å². The van der Waals surface area contributed by atoms with E-state index in [9.17, 15) is 13.2 Å². The zero-order chi connectivity index (χ0) is 20.5. The quantitative estimate of drug-likeness (QED) is 0.661. The molecule has 0 unspecified atom stereocenters. The largest absolute Gasteiger partial charge is 0.462 e. The number of sulfonamides is 1. The van der Waals surface area contributed by atoms with Gasteiger partial charge in [0.2, 0.25) is 15.9 Å². The maximum Gasteiger partial charge on any atom is 0.242 e. The van der Waals surface area contributed by atoms with Crippen LogP contribution in [0.15, 0.2) is 45.2 Å². The van der Waals surface area contributed by atoms with Crippen LogP contribution in [0.2, 0.25) is 0 Å². The van der Waals surface area contributed by atoms with E-state index in [-0.39, 0.29) is 17.2 Å². The number of rotatable bonds is 6. The fraction of sp³-hybridized carbons (Fsp3) is 0.263. The molecule has 7 nitrogen and oxygen atoms in total. The molecule has 2 aromatic heterocycles. The molecule has 0 aliphatic rings. The van der Waals surface area contributed by atoms with Gasteiger partial charge in [-0.05, 0) is 49.2 Å². The Morgan fingerprint density at radius 3 is 2.68 bits per heavy atom. The van der Waals surface area contributed by atoms with Crippen molar-refractivity contribution in [2.45, 2.75) is 25.2 Å². The van der Waals surface area contributed by atoms with E-state index in [1.165, 1.54) is 31.5 Å². The first-order chi connectivity index (χ1) is 13.2. The number of benzene rings is 1. The van der Waals surface area contributed by atoms with E-state index in [1.54, 1.807) is 18.4 Å². The van der Waals surface area contributed by atoms with Gasteiger partial charge >= 0.3 is 0 Å². The number of carbonyl (C=O) groups excluding carboxylic acids is 1. The van der Waals surface area contributed by atoms with Crippen LogP contribution >= 0.6 is 11.3 Å². The minimum absolute atomic E-state index is 0.0837. The molecule has 0 saturated heterocycles. The highest BCUT2D eigenvalue weighted by atomic mass is 32.2. The summed E-state index contributed by atoms with van der Waals surface area (Å²) in [6.45, 7) is 3.66. The first-order valence-corrected chi connectivity index (χ1v) is 10.8. The van der Waals surface area contributed by atoms with Crippen LogP contribution in [0.25, 0.3) is 10.8 Å². The number of nitrogens with zero attached hydrogens (tertiary/aromatic N) is 2. The van der Waals surface area contributed by atoms with Crippen molar-refractivity contribution in [3.63, 3.8) is 0 Å². The minimum Gasteiger partial charge on any atom is -0.462 e. The van der Waals surface area contributed by atoms with Crippen molar-refractivity contribution >= 4 is 33.0 Å². The Kier molecular flexibility index (Phi) is 5.69. The predicted octanol–water partition coefficient (Wildman–Crippen LogP) is 3.45. The second-order valence-corrected chi connectivity index (χ2v) is 9.56. The SMILES string of the molecule is Cc1cc(S(=O)(=O)N(C)C)cc(NC(=O)Cc2csc(-c3ccco3)n2)c1C. The average Bonchev–Trinajstić information content (AvgIpc) is 3.29.